The number of nitrogens with zero attached hydrogens (tertiary/aromatic N) is 1. The largest absolute Gasteiger partial charge is 0.444 e. The molecule has 1 aromatic carbocycles. The van der Waals surface area contributed by atoms with Crippen molar-refractivity contribution >= 4 is 17.9 Å². The molecule has 0 aliphatic rings. The highest BCUT2D eigenvalue weighted by Gasteiger charge is 2.42. The number of ether oxygens (including phenoxy) is 1. The highest BCUT2D eigenvalue weighted by molar-refractivity contribution is 5.92. The molecule has 0 aliphatic heterocycles. The Labute approximate surface area is 206 Å². The van der Waals surface area contributed by atoms with Crippen LogP contribution in [0, 0.1) is 6.92 Å². The van der Waals surface area contributed by atoms with Gasteiger partial charge in [-0.25, -0.2) is 4.79 Å². The van der Waals surface area contributed by atoms with E-state index in [2.05, 4.69) is 17.6 Å². The minimum absolute atomic E-state index is 0.223. The standard InChI is InChI=1S/C27H45N3O4/c1-10-12-13-18-28-23(31)22(21-16-14-19(3)15-17-21)30(27(8,9)11-2)24(32)20(4)29-25(33)34-26(5,6)7/h14-17,20,22H,10-13,18H2,1-9H3,(H,28,31)(H,29,33). The monoisotopic (exact) mass is 475 g/mol. The van der Waals surface area contributed by atoms with Crippen LogP contribution in [0.25, 0.3) is 0 Å². The number of nitrogens with one attached hydrogen (secondary N) is 2. The van der Waals surface area contributed by atoms with Crippen molar-refractivity contribution in [3.05, 3.63) is 35.4 Å². The third-order valence-corrected chi connectivity index (χ3v) is 5.84. The molecule has 0 radical (unpaired) electrons. The van der Waals surface area contributed by atoms with E-state index in [1.807, 2.05) is 52.0 Å². The minimum Gasteiger partial charge on any atom is -0.444 e. The quantitative estimate of drug-likeness (QED) is 0.427. The van der Waals surface area contributed by atoms with Gasteiger partial charge in [-0.2, -0.15) is 0 Å². The summed E-state index contributed by atoms with van der Waals surface area (Å²) in [6, 6.07) is 5.97. The molecule has 3 amide bonds. The number of amides is 3. The fourth-order valence-electron chi connectivity index (χ4n) is 3.55. The zero-order valence-electron chi connectivity index (χ0n) is 22.6. The van der Waals surface area contributed by atoms with Crippen LogP contribution in [0.1, 0.15) is 98.2 Å². The first-order chi connectivity index (χ1) is 15.7. The van der Waals surface area contributed by atoms with E-state index in [0.717, 1.165) is 30.4 Å². The van der Waals surface area contributed by atoms with Crippen molar-refractivity contribution in [3.63, 3.8) is 0 Å². The van der Waals surface area contributed by atoms with Crippen LogP contribution >= 0.6 is 0 Å². The molecule has 34 heavy (non-hydrogen) atoms. The van der Waals surface area contributed by atoms with E-state index >= 15 is 0 Å². The average molecular weight is 476 g/mol. The van der Waals surface area contributed by atoms with Crippen molar-refractivity contribution in [3.8, 4) is 0 Å². The van der Waals surface area contributed by atoms with E-state index in [1.165, 1.54) is 0 Å². The van der Waals surface area contributed by atoms with Crippen molar-refractivity contribution in [1.82, 2.24) is 15.5 Å². The Kier molecular flexibility index (Phi) is 11.1. The molecule has 7 nitrogen and oxygen atoms in total. The fraction of sp³-hybridized carbons (Fsp3) is 0.667. The van der Waals surface area contributed by atoms with E-state index in [1.54, 1.807) is 32.6 Å². The van der Waals surface area contributed by atoms with Crippen molar-refractivity contribution in [2.45, 2.75) is 111 Å². The molecule has 0 aliphatic carbocycles. The number of carbonyl (C=O) groups is 3. The normalized spacial score (nSPS) is 13.6. The molecule has 2 unspecified atom stereocenters. The van der Waals surface area contributed by atoms with Crippen molar-refractivity contribution in [2.24, 2.45) is 0 Å². The lowest BCUT2D eigenvalue weighted by atomic mass is 9.92. The summed E-state index contributed by atoms with van der Waals surface area (Å²) in [7, 11) is 0. The molecule has 2 N–H and O–H groups in total. The summed E-state index contributed by atoms with van der Waals surface area (Å²) in [4.78, 5) is 41.3. The molecule has 0 fully saturated rings. The second-order valence-corrected chi connectivity index (χ2v) is 10.6. The van der Waals surface area contributed by atoms with Gasteiger partial charge in [0.15, 0.2) is 0 Å². The van der Waals surface area contributed by atoms with Crippen LogP contribution in [0.5, 0.6) is 0 Å². The lowest BCUT2D eigenvalue weighted by Crippen LogP contribution is -2.58. The van der Waals surface area contributed by atoms with Gasteiger partial charge in [0.05, 0.1) is 0 Å². The summed E-state index contributed by atoms with van der Waals surface area (Å²) < 4.78 is 5.33. The van der Waals surface area contributed by atoms with E-state index in [-0.39, 0.29) is 11.8 Å². The van der Waals surface area contributed by atoms with E-state index in [4.69, 9.17) is 4.74 Å². The number of hydrogen-bond acceptors (Lipinski definition) is 4. The number of rotatable bonds is 11. The molecule has 2 atom stereocenters. The number of hydrogen-bond donors (Lipinski definition) is 2. The van der Waals surface area contributed by atoms with Crippen molar-refractivity contribution < 1.29 is 19.1 Å². The molecule has 7 heteroatoms. The zero-order chi connectivity index (χ0) is 26.1. The third-order valence-electron chi connectivity index (χ3n) is 5.84. The summed E-state index contributed by atoms with van der Waals surface area (Å²) in [5, 5.41) is 5.67. The molecule has 0 bridgehead atoms. The Morgan fingerprint density at radius 2 is 1.59 bits per heavy atom. The Bertz CT molecular complexity index is 812. The summed E-state index contributed by atoms with van der Waals surface area (Å²) in [6.45, 7) is 17.4. The highest BCUT2D eigenvalue weighted by Crippen LogP contribution is 2.32. The fourth-order valence-corrected chi connectivity index (χ4v) is 3.55. The molecular weight excluding hydrogens is 430 g/mol. The van der Waals surface area contributed by atoms with Crippen LogP contribution in [-0.2, 0) is 14.3 Å². The topological polar surface area (TPSA) is 87.7 Å². The van der Waals surface area contributed by atoms with Gasteiger partial charge in [0.25, 0.3) is 0 Å². The van der Waals surface area contributed by atoms with Crippen molar-refractivity contribution in [1.29, 1.82) is 0 Å². The summed E-state index contributed by atoms with van der Waals surface area (Å²) in [5.74, 6) is -0.564. The van der Waals surface area contributed by atoms with Crippen LogP contribution in [0.4, 0.5) is 4.79 Å². The van der Waals surface area contributed by atoms with Gasteiger partial charge in [0, 0.05) is 12.1 Å². The number of carbonyl (C=O) groups excluding carboxylic acids is 3. The molecule has 0 saturated heterocycles. The third kappa shape index (κ3) is 8.99. The van der Waals surface area contributed by atoms with E-state index in [0.29, 0.717) is 13.0 Å². The van der Waals surface area contributed by atoms with Gasteiger partial charge in [-0.1, -0.05) is 56.5 Å². The van der Waals surface area contributed by atoms with Crippen LogP contribution in [-0.4, -0.2) is 46.5 Å². The summed E-state index contributed by atoms with van der Waals surface area (Å²) >= 11 is 0. The second-order valence-electron chi connectivity index (χ2n) is 10.6. The lowest BCUT2D eigenvalue weighted by molar-refractivity contribution is -0.149. The molecule has 1 aromatic rings. The summed E-state index contributed by atoms with van der Waals surface area (Å²) in [5.41, 5.74) is 0.478. The van der Waals surface area contributed by atoms with Crippen LogP contribution in [0.3, 0.4) is 0 Å². The molecule has 0 spiro atoms. The maximum atomic E-state index is 13.8. The maximum absolute atomic E-state index is 13.8. The SMILES string of the molecule is CCCCCNC(=O)C(c1ccc(C)cc1)N(C(=O)C(C)NC(=O)OC(C)(C)C)C(C)(C)CC. The first kappa shape index (κ1) is 29.5. The van der Waals surface area contributed by atoms with Crippen LogP contribution in [0.15, 0.2) is 24.3 Å². The number of unbranched alkanes of at least 4 members (excludes halogenated alkanes) is 2. The Morgan fingerprint density at radius 3 is 2.09 bits per heavy atom. The zero-order valence-corrected chi connectivity index (χ0v) is 22.6. The van der Waals surface area contributed by atoms with Crippen LogP contribution < -0.4 is 10.6 Å². The molecular formula is C27H45N3O4. The minimum atomic E-state index is -0.874. The Hall–Kier alpha value is -2.57. The van der Waals surface area contributed by atoms with Gasteiger partial charge in [0.1, 0.15) is 17.7 Å². The summed E-state index contributed by atoms with van der Waals surface area (Å²) in [6.07, 6.45) is 2.92. The molecule has 0 aromatic heterocycles. The smallest absolute Gasteiger partial charge is 0.408 e. The second kappa shape index (κ2) is 12.8. The average Bonchev–Trinajstić information content (AvgIpc) is 2.73. The van der Waals surface area contributed by atoms with Gasteiger partial charge < -0.3 is 20.3 Å². The van der Waals surface area contributed by atoms with E-state index < -0.39 is 29.3 Å². The Morgan fingerprint density at radius 1 is 1.00 bits per heavy atom. The first-order valence-corrected chi connectivity index (χ1v) is 12.4. The molecule has 0 saturated carbocycles. The lowest BCUT2D eigenvalue weighted by Gasteiger charge is -2.44. The molecule has 1 rings (SSSR count). The maximum Gasteiger partial charge on any atom is 0.408 e. The molecule has 0 heterocycles. The number of benzene rings is 1. The van der Waals surface area contributed by atoms with Gasteiger partial charge in [-0.15, -0.1) is 0 Å². The number of alkyl carbamates (subject to hydrolysis) is 1. The van der Waals surface area contributed by atoms with Gasteiger partial charge in [-0.3, -0.25) is 9.59 Å². The molecule has 192 valence electrons. The van der Waals surface area contributed by atoms with E-state index in [9.17, 15) is 14.4 Å². The van der Waals surface area contributed by atoms with Crippen LogP contribution in [0.2, 0.25) is 0 Å². The van der Waals surface area contributed by atoms with Gasteiger partial charge in [0.2, 0.25) is 11.8 Å². The van der Waals surface area contributed by atoms with Gasteiger partial charge in [-0.05, 0) is 66.9 Å². The number of aryl methyl sites for hydroxylation is 1. The highest BCUT2D eigenvalue weighted by atomic mass is 16.6. The Balaban J connectivity index is 3.36. The predicted octanol–water partition coefficient (Wildman–Crippen LogP) is 5.27. The first-order valence-electron chi connectivity index (χ1n) is 12.4. The van der Waals surface area contributed by atoms with Crippen molar-refractivity contribution in [2.75, 3.05) is 6.54 Å². The van der Waals surface area contributed by atoms with Gasteiger partial charge >= 0.3 is 6.09 Å². The predicted molar refractivity (Wildman–Crippen MR) is 137 cm³/mol.